The number of rotatable bonds is 3. The number of amides is 2. The zero-order valence-electron chi connectivity index (χ0n) is 13.6. The Morgan fingerprint density at radius 2 is 1.96 bits per heavy atom. The SMILES string of the molecule is C=C1c2ccccc2C(=O)N1CC(=O)Nc1nc2c(C)cccc2s1. The molecule has 4 rings (SSSR count). The maximum atomic E-state index is 12.5. The number of carbonyl (C=O) groups excluding carboxylic acids is 2. The van der Waals surface area contributed by atoms with E-state index in [0.717, 1.165) is 21.3 Å². The maximum absolute atomic E-state index is 12.5. The third-order valence-corrected chi connectivity index (χ3v) is 5.14. The lowest BCUT2D eigenvalue weighted by Gasteiger charge is -2.16. The summed E-state index contributed by atoms with van der Waals surface area (Å²) in [7, 11) is 0. The van der Waals surface area contributed by atoms with Crippen molar-refractivity contribution in [2.24, 2.45) is 0 Å². The van der Waals surface area contributed by atoms with Crippen LogP contribution in [0.3, 0.4) is 0 Å². The average molecular weight is 349 g/mol. The average Bonchev–Trinajstić information content (AvgIpc) is 3.11. The second kappa shape index (κ2) is 5.82. The van der Waals surface area contributed by atoms with E-state index in [-0.39, 0.29) is 18.4 Å². The van der Waals surface area contributed by atoms with Crippen LogP contribution in [0, 0.1) is 6.92 Å². The van der Waals surface area contributed by atoms with E-state index < -0.39 is 0 Å². The molecule has 0 spiro atoms. The normalized spacial score (nSPS) is 13.4. The number of fused-ring (bicyclic) bond motifs is 2. The lowest BCUT2D eigenvalue weighted by atomic mass is 10.1. The molecule has 0 bridgehead atoms. The van der Waals surface area contributed by atoms with Crippen molar-refractivity contribution < 1.29 is 9.59 Å². The zero-order chi connectivity index (χ0) is 17.6. The van der Waals surface area contributed by atoms with Gasteiger partial charge in [-0.1, -0.05) is 48.2 Å². The predicted molar refractivity (Wildman–Crippen MR) is 99.5 cm³/mol. The topological polar surface area (TPSA) is 62.3 Å². The Morgan fingerprint density at radius 1 is 1.20 bits per heavy atom. The Labute approximate surface area is 148 Å². The number of nitrogens with zero attached hydrogens (tertiary/aromatic N) is 2. The van der Waals surface area contributed by atoms with Gasteiger partial charge in [-0.15, -0.1) is 0 Å². The van der Waals surface area contributed by atoms with E-state index in [1.54, 1.807) is 12.1 Å². The van der Waals surface area contributed by atoms with Crippen LogP contribution >= 0.6 is 11.3 Å². The van der Waals surface area contributed by atoms with Crippen LogP contribution in [0.2, 0.25) is 0 Å². The summed E-state index contributed by atoms with van der Waals surface area (Å²) < 4.78 is 1.02. The van der Waals surface area contributed by atoms with Crippen LogP contribution in [0.4, 0.5) is 5.13 Å². The molecule has 0 radical (unpaired) electrons. The second-order valence-electron chi connectivity index (χ2n) is 5.87. The van der Waals surface area contributed by atoms with Gasteiger partial charge in [-0.2, -0.15) is 0 Å². The number of nitrogens with one attached hydrogen (secondary N) is 1. The van der Waals surface area contributed by atoms with Crippen LogP contribution < -0.4 is 5.32 Å². The van der Waals surface area contributed by atoms with Crippen molar-refractivity contribution in [3.63, 3.8) is 0 Å². The molecular formula is C19H15N3O2S. The van der Waals surface area contributed by atoms with Crippen LogP contribution in [0.5, 0.6) is 0 Å². The summed E-state index contributed by atoms with van der Waals surface area (Å²) >= 11 is 1.42. The van der Waals surface area contributed by atoms with Gasteiger partial charge in [0.25, 0.3) is 5.91 Å². The van der Waals surface area contributed by atoms with E-state index in [9.17, 15) is 9.59 Å². The Morgan fingerprint density at radius 3 is 2.68 bits per heavy atom. The largest absolute Gasteiger partial charge is 0.300 e. The molecule has 5 nitrogen and oxygen atoms in total. The Kier molecular flexibility index (Phi) is 3.62. The lowest BCUT2D eigenvalue weighted by molar-refractivity contribution is -0.116. The monoisotopic (exact) mass is 349 g/mol. The molecule has 0 fully saturated rings. The van der Waals surface area contributed by atoms with Gasteiger partial charge in [0.05, 0.1) is 10.2 Å². The number of benzene rings is 2. The number of carbonyl (C=O) groups is 2. The molecule has 3 aromatic rings. The van der Waals surface area contributed by atoms with E-state index in [0.29, 0.717) is 16.4 Å². The van der Waals surface area contributed by atoms with Crippen molar-refractivity contribution in [1.29, 1.82) is 0 Å². The number of aryl methyl sites for hydroxylation is 1. The molecule has 1 aliphatic rings. The van der Waals surface area contributed by atoms with Crippen molar-refractivity contribution in [2.45, 2.75) is 6.92 Å². The number of anilines is 1. The van der Waals surface area contributed by atoms with Gasteiger partial charge in [0.15, 0.2) is 5.13 Å². The summed E-state index contributed by atoms with van der Waals surface area (Å²) in [5.74, 6) is -0.491. The molecular weight excluding hydrogens is 334 g/mol. The van der Waals surface area contributed by atoms with Gasteiger partial charge < -0.3 is 5.32 Å². The Bertz CT molecular complexity index is 1000. The number of hydrogen-bond acceptors (Lipinski definition) is 4. The first-order valence-corrected chi connectivity index (χ1v) is 8.62. The molecule has 0 aliphatic carbocycles. The van der Waals surface area contributed by atoms with Gasteiger partial charge in [0, 0.05) is 16.8 Å². The van der Waals surface area contributed by atoms with Crippen molar-refractivity contribution in [3.05, 3.63) is 65.7 Å². The fourth-order valence-electron chi connectivity index (χ4n) is 2.94. The van der Waals surface area contributed by atoms with Gasteiger partial charge in [-0.25, -0.2) is 4.98 Å². The third kappa shape index (κ3) is 2.60. The molecule has 1 aromatic heterocycles. The molecule has 2 heterocycles. The summed E-state index contributed by atoms with van der Waals surface area (Å²) in [4.78, 5) is 30.7. The van der Waals surface area contributed by atoms with Gasteiger partial charge in [0.1, 0.15) is 6.54 Å². The van der Waals surface area contributed by atoms with Crippen molar-refractivity contribution in [3.8, 4) is 0 Å². The minimum absolute atomic E-state index is 0.0821. The molecule has 2 amide bonds. The number of aromatic nitrogens is 1. The first-order valence-electron chi connectivity index (χ1n) is 7.81. The van der Waals surface area contributed by atoms with Gasteiger partial charge in [0.2, 0.25) is 5.91 Å². The molecule has 25 heavy (non-hydrogen) atoms. The van der Waals surface area contributed by atoms with Gasteiger partial charge in [-0.05, 0) is 24.6 Å². The predicted octanol–water partition coefficient (Wildman–Crippen LogP) is 3.67. The molecule has 2 aromatic carbocycles. The zero-order valence-corrected chi connectivity index (χ0v) is 14.4. The van der Waals surface area contributed by atoms with Crippen LogP contribution in [0.25, 0.3) is 15.9 Å². The van der Waals surface area contributed by atoms with Crippen molar-refractivity contribution in [1.82, 2.24) is 9.88 Å². The molecule has 1 aliphatic heterocycles. The number of thiazole rings is 1. The highest BCUT2D eigenvalue weighted by Gasteiger charge is 2.31. The maximum Gasteiger partial charge on any atom is 0.259 e. The first-order chi connectivity index (χ1) is 12.0. The highest BCUT2D eigenvalue weighted by Crippen LogP contribution is 2.31. The van der Waals surface area contributed by atoms with Crippen molar-refractivity contribution in [2.75, 3.05) is 11.9 Å². The van der Waals surface area contributed by atoms with E-state index in [4.69, 9.17) is 0 Å². The Balaban J connectivity index is 1.52. The summed E-state index contributed by atoms with van der Waals surface area (Å²) in [5.41, 5.74) is 3.85. The first kappa shape index (κ1) is 15.5. The smallest absolute Gasteiger partial charge is 0.259 e. The third-order valence-electron chi connectivity index (χ3n) is 4.21. The van der Waals surface area contributed by atoms with Crippen LogP contribution in [0.1, 0.15) is 21.5 Å². The number of para-hydroxylation sites is 1. The minimum Gasteiger partial charge on any atom is -0.300 e. The molecule has 124 valence electrons. The quantitative estimate of drug-likeness (QED) is 0.785. The second-order valence-corrected chi connectivity index (χ2v) is 6.90. The van der Waals surface area contributed by atoms with Crippen LogP contribution in [-0.4, -0.2) is 28.2 Å². The fraction of sp³-hybridized carbons (Fsp3) is 0.105. The van der Waals surface area contributed by atoms with E-state index in [2.05, 4.69) is 16.9 Å². The highest BCUT2D eigenvalue weighted by molar-refractivity contribution is 7.22. The summed E-state index contributed by atoms with van der Waals surface area (Å²) in [6.45, 7) is 5.85. The summed E-state index contributed by atoms with van der Waals surface area (Å²) in [6.07, 6.45) is 0. The summed E-state index contributed by atoms with van der Waals surface area (Å²) in [6, 6.07) is 13.2. The Hall–Kier alpha value is -2.99. The van der Waals surface area contributed by atoms with Gasteiger partial charge >= 0.3 is 0 Å². The minimum atomic E-state index is -0.293. The van der Waals surface area contributed by atoms with E-state index in [1.165, 1.54) is 16.2 Å². The standard InChI is InChI=1S/C19H15N3O2S/c1-11-6-5-9-15-17(11)21-19(25-15)20-16(23)10-22-12(2)13-7-3-4-8-14(13)18(22)24/h3-9H,2,10H2,1H3,(H,20,21,23). The van der Waals surface area contributed by atoms with Crippen LogP contribution in [0.15, 0.2) is 49.0 Å². The fourth-order valence-corrected chi connectivity index (χ4v) is 3.90. The summed E-state index contributed by atoms with van der Waals surface area (Å²) in [5, 5.41) is 3.32. The molecule has 6 heteroatoms. The molecule has 0 saturated heterocycles. The van der Waals surface area contributed by atoms with Gasteiger partial charge in [-0.3, -0.25) is 14.5 Å². The molecule has 0 unspecified atom stereocenters. The molecule has 0 atom stereocenters. The molecule has 0 saturated carbocycles. The van der Waals surface area contributed by atoms with E-state index in [1.807, 2.05) is 37.3 Å². The molecule has 1 N–H and O–H groups in total. The number of hydrogen-bond donors (Lipinski definition) is 1. The highest BCUT2D eigenvalue weighted by atomic mass is 32.1. The lowest BCUT2D eigenvalue weighted by Crippen LogP contribution is -2.32. The van der Waals surface area contributed by atoms with Crippen molar-refractivity contribution >= 4 is 44.2 Å². The van der Waals surface area contributed by atoms with E-state index >= 15 is 0 Å². The van der Waals surface area contributed by atoms with Crippen LogP contribution in [-0.2, 0) is 4.79 Å².